The van der Waals surface area contributed by atoms with Crippen LogP contribution in [-0.2, 0) is 16.1 Å². The van der Waals surface area contributed by atoms with Crippen LogP contribution in [0.2, 0.25) is 0 Å². The quantitative estimate of drug-likeness (QED) is 0.653. The van der Waals surface area contributed by atoms with Crippen LogP contribution in [0.15, 0.2) is 67.0 Å². The molecular formula is C21H19N3O4. The number of anilines is 1. The van der Waals surface area contributed by atoms with Gasteiger partial charge in [-0.25, -0.2) is 4.79 Å². The summed E-state index contributed by atoms with van der Waals surface area (Å²) < 4.78 is 12.2. The van der Waals surface area contributed by atoms with Crippen molar-refractivity contribution >= 4 is 17.6 Å². The molecule has 0 unspecified atom stereocenters. The summed E-state index contributed by atoms with van der Waals surface area (Å²) in [6, 6.07) is 17.0. The Hall–Kier alpha value is -3.61. The second-order valence-electron chi connectivity index (χ2n) is 6.43. The van der Waals surface area contributed by atoms with Crippen LogP contribution in [-0.4, -0.2) is 41.4 Å². The molecule has 7 heteroatoms. The van der Waals surface area contributed by atoms with Crippen molar-refractivity contribution in [1.82, 2.24) is 9.78 Å². The minimum Gasteiger partial charge on any atom is -0.475 e. The van der Waals surface area contributed by atoms with Gasteiger partial charge in [-0.3, -0.25) is 9.48 Å². The molecule has 1 aromatic heterocycles. The van der Waals surface area contributed by atoms with Gasteiger partial charge in [-0.05, 0) is 17.7 Å². The van der Waals surface area contributed by atoms with Crippen molar-refractivity contribution in [3.05, 3.63) is 78.1 Å². The summed E-state index contributed by atoms with van der Waals surface area (Å²) in [4.78, 5) is 26.7. The van der Waals surface area contributed by atoms with E-state index in [4.69, 9.17) is 9.47 Å². The van der Waals surface area contributed by atoms with Gasteiger partial charge in [-0.2, -0.15) is 5.10 Å². The number of benzene rings is 2. The van der Waals surface area contributed by atoms with Gasteiger partial charge in [-0.15, -0.1) is 0 Å². The predicted molar refractivity (Wildman–Crippen MR) is 102 cm³/mol. The first-order valence-corrected chi connectivity index (χ1v) is 8.87. The number of aromatic nitrogens is 2. The maximum Gasteiger partial charge on any atom is 0.348 e. The first-order chi connectivity index (χ1) is 13.7. The average Bonchev–Trinajstić information content (AvgIpc) is 3.21. The molecule has 2 heterocycles. The van der Waals surface area contributed by atoms with E-state index in [2.05, 4.69) is 5.10 Å². The fourth-order valence-corrected chi connectivity index (χ4v) is 3.17. The molecule has 0 radical (unpaired) electrons. The summed E-state index contributed by atoms with van der Waals surface area (Å²) in [5.41, 5.74) is 2.15. The predicted octanol–water partition coefficient (Wildman–Crippen LogP) is 2.51. The highest BCUT2D eigenvalue weighted by Crippen LogP contribution is 2.34. The molecule has 28 heavy (non-hydrogen) atoms. The minimum atomic E-state index is -0.872. The summed E-state index contributed by atoms with van der Waals surface area (Å²) in [6.07, 6.45) is 2.38. The number of hydrogen-bond acceptors (Lipinski definition) is 5. The molecule has 1 atom stereocenters. The van der Waals surface area contributed by atoms with Crippen molar-refractivity contribution in [2.45, 2.75) is 12.6 Å². The molecule has 2 aromatic carbocycles. The van der Waals surface area contributed by atoms with E-state index in [0.29, 0.717) is 23.5 Å². The van der Waals surface area contributed by atoms with E-state index >= 15 is 0 Å². The minimum absolute atomic E-state index is 0.0758. The van der Waals surface area contributed by atoms with Crippen LogP contribution in [0.25, 0.3) is 0 Å². The molecule has 0 N–H and O–H groups in total. The Morgan fingerprint density at radius 2 is 1.89 bits per heavy atom. The van der Waals surface area contributed by atoms with E-state index in [1.165, 1.54) is 18.2 Å². The standard InChI is InChI=1S/C21H19N3O4/c1-27-21(26)19-14-24(17-9-5-6-10-18(17)28-19)20(25)16-11-22-23(13-16)12-15-7-3-2-4-8-15/h2-11,13,19H,12,14H2,1H3/t19-/m0/s1. The molecule has 0 saturated carbocycles. The molecule has 4 rings (SSSR count). The van der Waals surface area contributed by atoms with Crippen LogP contribution in [0, 0.1) is 0 Å². The first kappa shape index (κ1) is 17.8. The lowest BCUT2D eigenvalue weighted by Gasteiger charge is -2.33. The third-order valence-electron chi connectivity index (χ3n) is 4.55. The molecule has 1 aliphatic heterocycles. The van der Waals surface area contributed by atoms with Crippen LogP contribution < -0.4 is 9.64 Å². The van der Waals surface area contributed by atoms with Gasteiger partial charge in [0.1, 0.15) is 5.75 Å². The summed E-state index contributed by atoms with van der Waals surface area (Å²) in [6.45, 7) is 0.644. The lowest BCUT2D eigenvalue weighted by molar-refractivity contribution is -0.148. The number of para-hydroxylation sites is 2. The molecule has 3 aromatic rings. The molecule has 1 amide bonds. The number of methoxy groups -OCH3 is 1. The highest BCUT2D eigenvalue weighted by molar-refractivity contribution is 6.07. The number of carbonyl (C=O) groups excluding carboxylic acids is 2. The molecule has 0 bridgehead atoms. The van der Waals surface area contributed by atoms with Gasteiger partial charge in [0.2, 0.25) is 6.10 Å². The number of carbonyl (C=O) groups is 2. The largest absolute Gasteiger partial charge is 0.475 e. The Morgan fingerprint density at radius 3 is 2.68 bits per heavy atom. The SMILES string of the molecule is COC(=O)[C@@H]1CN(C(=O)c2cnn(Cc3ccccc3)c2)c2ccccc2O1. The van der Waals surface area contributed by atoms with Crippen molar-refractivity contribution in [2.24, 2.45) is 0 Å². The van der Waals surface area contributed by atoms with Gasteiger partial charge in [0.05, 0.1) is 37.6 Å². The average molecular weight is 377 g/mol. The van der Waals surface area contributed by atoms with E-state index < -0.39 is 12.1 Å². The zero-order valence-electron chi connectivity index (χ0n) is 15.3. The van der Waals surface area contributed by atoms with Crippen LogP contribution in [0.4, 0.5) is 5.69 Å². The number of hydrogen-bond donors (Lipinski definition) is 0. The summed E-state index contributed by atoms with van der Waals surface area (Å²) in [5, 5.41) is 4.30. The van der Waals surface area contributed by atoms with Crippen LogP contribution in [0.3, 0.4) is 0 Å². The Labute approximate surface area is 162 Å². The Kier molecular flexibility index (Phi) is 4.80. The van der Waals surface area contributed by atoms with Gasteiger partial charge in [0.15, 0.2) is 0 Å². The molecule has 0 spiro atoms. The fraction of sp³-hybridized carbons (Fsp3) is 0.190. The highest BCUT2D eigenvalue weighted by Gasteiger charge is 2.35. The van der Waals surface area contributed by atoms with E-state index in [-0.39, 0.29) is 12.5 Å². The molecule has 1 aliphatic rings. The second kappa shape index (κ2) is 7.56. The lowest BCUT2D eigenvalue weighted by Crippen LogP contribution is -2.47. The number of amides is 1. The summed E-state index contributed by atoms with van der Waals surface area (Å²) in [7, 11) is 1.30. The van der Waals surface area contributed by atoms with Crippen molar-refractivity contribution in [1.29, 1.82) is 0 Å². The second-order valence-corrected chi connectivity index (χ2v) is 6.43. The van der Waals surface area contributed by atoms with E-state index in [0.717, 1.165) is 5.56 Å². The number of esters is 1. The Morgan fingerprint density at radius 1 is 1.14 bits per heavy atom. The zero-order valence-corrected chi connectivity index (χ0v) is 15.3. The number of fused-ring (bicyclic) bond motifs is 1. The van der Waals surface area contributed by atoms with Crippen LogP contribution >= 0.6 is 0 Å². The fourth-order valence-electron chi connectivity index (χ4n) is 3.17. The molecular weight excluding hydrogens is 358 g/mol. The first-order valence-electron chi connectivity index (χ1n) is 8.87. The third kappa shape index (κ3) is 3.46. The Bertz CT molecular complexity index is 1000. The van der Waals surface area contributed by atoms with Crippen molar-refractivity contribution in [3.8, 4) is 5.75 Å². The lowest BCUT2D eigenvalue weighted by atomic mass is 10.1. The smallest absolute Gasteiger partial charge is 0.348 e. The third-order valence-corrected chi connectivity index (χ3v) is 4.55. The van der Waals surface area contributed by atoms with Gasteiger partial charge >= 0.3 is 5.97 Å². The van der Waals surface area contributed by atoms with Gasteiger partial charge in [-0.1, -0.05) is 42.5 Å². The maximum absolute atomic E-state index is 13.1. The zero-order chi connectivity index (χ0) is 19.5. The van der Waals surface area contributed by atoms with Crippen molar-refractivity contribution in [2.75, 3.05) is 18.6 Å². The van der Waals surface area contributed by atoms with Gasteiger partial charge in [0.25, 0.3) is 5.91 Å². The maximum atomic E-state index is 13.1. The van der Waals surface area contributed by atoms with E-state index in [9.17, 15) is 9.59 Å². The number of rotatable bonds is 4. The summed E-state index contributed by atoms with van der Waals surface area (Å²) >= 11 is 0. The topological polar surface area (TPSA) is 73.7 Å². The van der Waals surface area contributed by atoms with Crippen molar-refractivity contribution < 1.29 is 19.1 Å². The monoisotopic (exact) mass is 377 g/mol. The highest BCUT2D eigenvalue weighted by atomic mass is 16.6. The Balaban J connectivity index is 1.59. The molecule has 7 nitrogen and oxygen atoms in total. The summed E-state index contributed by atoms with van der Waals surface area (Å²) in [5.74, 6) is -0.301. The number of ether oxygens (including phenoxy) is 2. The van der Waals surface area contributed by atoms with Gasteiger partial charge in [0, 0.05) is 6.20 Å². The molecule has 0 aliphatic carbocycles. The van der Waals surface area contributed by atoms with Crippen LogP contribution in [0.1, 0.15) is 15.9 Å². The van der Waals surface area contributed by atoms with E-state index in [1.54, 1.807) is 29.1 Å². The van der Waals surface area contributed by atoms with E-state index in [1.807, 2.05) is 36.4 Å². The van der Waals surface area contributed by atoms with Gasteiger partial charge < -0.3 is 14.4 Å². The molecule has 0 fully saturated rings. The number of nitrogens with zero attached hydrogens (tertiary/aromatic N) is 3. The molecule has 142 valence electrons. The van der Waals surface area contributed by atoms with Crippen molar-refractivity contribution in [3.63, 3.8) is 0 Å². The van der Waals surface area contributed by atoms with Crippen LogP contribution in [0.5, 0.6) is 5.75 Å². The normalized spacial score (nSPS) is 15.5. The molecule has 0 saturated heterocycles.